The SMILES string of the molecule is COc1ccc(NC(=O)CN(C)CC(=O)Nc2cccc(Cl)c2Cl)cc1. The van der Waals surface area contributed by atoms with Crippen molar-refractivity contribution in [3.8, 4) is 5.75 Å². The number of ether oxygens (including phenoxy) is 1. The molecule has 0 spiro atoms. The summed E-state index contributed by atoms with van der Waals surface area (Å²) in [6, 6.07) is 12.0. The number of benzene rings is 2. The van der Waals surface area contributed by atoms with Crippen LogP contribution in [0, 0.1) is 0 Å². The van der Waals surface area contributed by atoms with E-state index in [4.69, 9.17) is 27.9 Å². The van der Waals surface area contributed by atoms with Gasteiger partial charge in [0.15, 0.2) is 0 Å². The first-order valence-corrected chi connectivity index (χ1v) is 8.51. The summed E-state index contributed by atoms with van der Waals surface area (Å²) in [5.41, 5.74) is 1.08. The molecule has 8 heteroatoms. The largest absolute Gasteiger partial charge is 0.497 e. The second-order valence-corrected chi connectivity index (χ2v) is 6.38. The standard InChI is InChI=1S/C18H19Cl2N3O3/c1-23(10-16(24)21-12-6-8-13(26-2)9-7-12)11-17(25)22-15-5-3-4-14(19)18(15)20/h3-9H,10-11H2,1-2H3,(H,21,24)(H,22,25). The van der Waals surface area contributed by atoms with Crippen molar-refractivity contribution >= 4 is 46.4 Å². The molecule has 6 nitrogen and oxygen atoms in total. The van der Waals surface area contributed by atoms with Gasteiger partial charge in [0.1, 0.15) is 5.75 Å². The topological polar surface area (TPSA) is 70.7 Å². The summed E-state index contributed by atoms with van der Waals surface area (Å²) in [6.45, 7) is 0.0849. The van der Waals surface area contributed by atoms with Gasteiger partial charge in [0, 0.05) is 5.69 Å². The first-order chi connectivity index (χ1) is 12.4. The molecule has 0 aromatic heterocycles. The molecule has 2 aromatic carbocycles. The summed E-state index contributed by atoms with van der Waals surface area (Å²) in [5, 5.41) is 6.07. The summed E-state index contributed by atoms with van der Waals surface area (Å²) in [5.74, 6) is 0.177. The van der Waals surface area contributed by atoms with Crippen molar-refractivity contribution in [3.63, 3.8) is 0 Å². The van der Waals surface area contributed by atoms with Crippen LogP contribution in [0.25, 0.3) is 0 Å². The van der Waals surface area contributed by atoms with Gasteiger partial charge in [-0.15, -0.1) is 0 Å². The average Bonchev–Trinajstić information content (AvgIpc) is 2.59. The molecule has 138 valence electrons. The Bertz CT molecular complexity index is 782. The Morgan fingerprint density at radius 2 is 1.62 bits per heavy atom. The van der Waals surface area contributed by atoms with Crippen molar-refractivity contribution in [2.24, 2.45) is 0 Å². The molecule has 0 unspecified atom stereocenters. The lowest BCUT2D eigenvalue weighted by molar-refractivity contribution is -0.119. The lowest BCUT2D eigenvalue weighted by Crippen LogP contribution is -2.36. The number of halogens is 2. The second-order valence-electron chi connectivity index (χ2n) is 5.60. The van der Waals surface area contributed by atoms with Gasteiger partial charge >= 0.3 is 0 Å². The molecular weight excluding hydrogens is 377 g/mol. The van der Waals surface area contributed by atoms with Crippen LogP contribution in [0.1, 0.15) is 0 Å². The van der Waals surface area contributed by atoms with Crippen LogP contribution in [-0.2, 0) is 9.59 Å². The molecule has 0 saturated heterocycles. The molecule has 0 fully saturated rings. The van der Waals surface area contributed by atoms with E-state index in [1.54, 1.807) is 61.5 Å². The normalized spacial score (nSPS) is 10.5. The highest BCUT2D eigenvalue weighted by Crippen LogP contribution is 2.29. The van der Waals surface area contributed by atoms with Gasteiger partial charge in [-0.25, -0.2) is 0 Å². The highest BCUT2D eigenvalue weighted by molar-refractivity contribution is 6.44. The van der Waals surface area contributed by atoms with Crippen LogP contribution < -0.4 is 15.4 Å². The summed E-state index contributed by atoms with van der Waals surface area (Å²) in [6.07, 6.45) is 0. The first kappa shape index (κ1) is 20.0. The quantitative estimate of drug-likeness (QED) is 0.752. The third-order valence-electron chi connectivity index (χ3n) is 3.43. The van der Waals surface area contributed by atoms with E-state index in [-0.39, 0.29) is 29.9 Å². The van der Waals surface area contributed by atoms with Crippen LogP contribution in [0.15, 0.2) is 42.5 Å². The van der Waals surface area contributed by atoms with Crippen molar-refractivity contribution in [2.45, 2.75) is 0 Å². The number of carbonyl (C=O) groups excluding carboxylic acids is 2. The van der Waals surface area contributed by atoms with E-state index in [0.29, 0.717) is 22.1 Å². The lowest BCUT2D eigenvalue weighted by atomic mass is 10.3. The maximum Gasteiger partial charge on any atom is 0.238 e. The Balaban J connectivity index is 1.82. The van der Waals surface area contributed by atoms with E-state index in [9.17, 15) is 9.59 Å². The van der Waals surface area contributed by atoms with Crippen molar-refractivity contribution in [1.29, 1.82) is 0 Å². The van der Waals surface area contributed by atoms with Gasteiger partial charge in [-0.3, -0.25) is 14.5 Å². The molecule has 0 saturated carbocycles. The van der Waals surface area contributed by atoms with Gasteiger partial charge in [-0.05, 0) is 43.4 Å². The minimum Gasteiger partial charge on any atom is -0.497 e. The number of carbonyl (C=O) groups is 2. The molecule has 0 heterocycles. The van der Waals surface area contributed by atoms with Gasteiger partial charge < -0.3 is 15.4 Å². The molecule has 2 rings (SSSR count). The molecule has 0 bridgehead atoms. The third-order valence-corrected chi connectivity index (χ3v) is 4.25. The van der Waals surface area contributed by atoms with E-state index in [1.807, 2.05) is 0 Å². The van der Waals surface area contributed by atoms with Crippen LogP contribution in [0.3, 0.4) is 0 Å². The van der Waals surface area contributed by atoms with Gasteiger partial charge in [0.25, 0.3) is 0 Å². The monoisotopic (exact) mass is 395 g/mol. The maximum absolute atomic E-state index is 12.1. The number of hydrogen-bond acceptors (Lipinski definition) is 4. The Morgan fingerprint density at radius 1 is 1.00 bits per heavy atom. The highest BCUT2D eigenvalue weighted by atomic mass is 35.5. The maximum atomic E-state index is 12.1. The Labute approximate surface area is 162 Å². The van der Waals surface area contributed by atoms with Crippen LogP contribution in [0.5, 0.6) is 5.75 Å². The number of nitrogens with zero attached hydrogens (tertiary/aromatic N) is 1. The predicted octanol–water partition coefficient (Wildman–Crippen LogP) is 3.51. The first-order valence-electron chi connectivity index (χ1n) is 7.75. The number of amides is 2. The van der Waals surface area contributed by atoms with E-state index in [0.717, 1.165) is 0 Å². The second kappa shape index (κ2) is 9.43. The summed E-state index contributed by atoms with van der Waals surface area (Å²) < 4.78 is 5.06. The smallest absolute Gasteiger partial charge is 0.238 e. The van der Waals surface area contributed by atoms with Gasteiger partial charge in [-0.1, -0.05) is 29.3 Å². The van der Waals surface area contributed by atoms with Gasteiger partial charge in [0.2, 0.25) is 11.8 Å². The molecule has 0 radical (unpaired) electrons. The molecule has 2 amide bonds. The van der Waals surface area contributed by atoms with E-state index < -0.39 is 0 Å². The lowest BCUT2D eigenvalue weighted by Gasteiger charge is -2.16. The molecule has 0 atom stereocenters. The zero-order chi connectivity index (χ0) is 19.1. The molecule has 0 aliphatic carbocycles. The molecule has 0 aliphatic heterocycles. The van der Waals surface area contributed by atoms with Gasteiger partial charge in [-0.2, -0.15) is 0 Å². The van der Waals surface area contributed by atoms with Crippen molar-refractivity contribution in [1.82, 2.24) is 4.90 Å². The molecular formula is C18H19Cl2N3O3. The highest BCUT2D eigenvalue weighted by Gasteiger charge is 2.13. The predicted molar refractivity (Wildman–Crippen MR) is 104 cm³/mol. The minimum absolute atomic E-state index is 0.0267. The number of rotatable bonds is 7. The van der Waals surface area contributed by atoms with E-state index in [2.05, 4.69) is 10.6 Å². The third kappa shape index (κ3) is 5.91. The summed E-state index contributed by atoms with van der Waals surface area (Å²) in [7, 11) is 3.25. The van der Waals surface area contributed by atoms with Crippen LogP contribution in [0.2, 0.25) is 10.0 Å². The van der Waals surface area contributed by atoms with Crippen molar-refractivity contribution in [2.75, 3.05) is 37.9 Å². The number of likely N-dealkylation sites (N-methyl/N-ethyl adjacent to an activating group) is 1. The Morgan fingerprint density at radius 3 is 2.23 bits per heavy atom. The van der Waals surface area contributed by atoms with Crippen LogP contribution >= 0.6 is 23.2 Å². The molecule has 26 heavy (non-hydrogen) atoms. The summed E-state index contributed by atoms with van der Waals surface area (Å²) >= 11 is 12.0. The summed E-state index contributed by atoms with van der Waals surface area (Å²) in [4.78, 5) is 25.7. The van der Waals surface area contributed by atoms with Crippen LogP contribution in [-0.4, -0.2) is 44.0 Å². The number of nitrogens with one attached hydrogen (secondary N) is 2. The fourth-order valence-corrected chi connectivity index (χ4v) is 2.56. The van der Waals surface area contributed by atoms with Crippen LogP contribution in [0.4, 0.5) is 11.4 Å². The average molecular weight is 396 g/mol. The van der Waals surface area contributed by atoms with E-state index >= 15 is 0 Å². The Hall–Kier alpha value is -2.28. The minimum atomic E-state index is -0.297. The zero-order valence-electron chi connectivity index (χ0n) is 14.4. The van der Waals surface area contributed by atoms with Crippen molar-refractivity contribution < 1.29 is 14.3 Å². The molecule has 2 aromatic rings. The van der Waals surface area contributed by atoms with Crippen molar-refractivity contribution in [3.05, 3.63) is 52.5 Å². The van der Waals surface area contributed by atoms with Gasteiger partial charge in [0.05, 0.1) is 35.9 Å². The molecule has 0 aliphatic rings. The number of methoxy groups -OCH3 is 1. The van der Waals surface area contributed by atoms with E-state index in [1.165, 1.54) is 0 Å². The number of anilines is 2. The molecule has 2 N–H and O–H groups in total. The fraction of sp³-hybridized carbons (Fsp3) is 0.222. The zero-order valence-corrected chi connectivity index (χ0v) is 15.9. The fourth-order valence-electron chi connectivity index (χ4n) is 2.21. The Kier molecular flexibility index (Phi) is 7.26. The number of hydrogen-bond donors (Lipinski definition) is 2.